The first-order valence-electron chi connectivity index (χ1n) is 11.1. The minimum atomic E-state index is -0.322. The molecule has 1 fully saturated rings. The number of aromatic hydroxyl groups is 1. The smallest absolute Gasteiger partial charge is 0.338 e. The molecule has 0 unspecified atom stereocenters. The molecule has 1 saturated carbocycles. The zero-order valence-corrected chi connectivity index (χ0v) is 19.1. The van der Waals surface area contributed by atoms with E-state index in [1.54, 1.807) is 30.3 Å². The van der Waals surface area contributed by atoms with E-state index in [1.807, 2.05) is 30.3 Å². The first kappa shape index (κ1) is 22.0. The Balaban J connectivity index is 1.45. The predicted octanol–water partition coefficient (Wildman–Crippen LogP) is 7.58. The highest BCUT2D eigenvalue weighted by molar-refractivity contribution is 5.95. The molecular weight excluding hydrogens is 400 g/mol. The van der Waals surface area contributed by atoms with Crippen LogP contribution in [0, 0.1) is 16.7 Å². The van der Waals surface area contributed by atoms with E-state index in [2.05, 4.69) is 37.9 Å². The molecule has 0 aromatic heterocycles. The number of azo groups is 1. The van der Waals surface area contributed by atoms with Crippen molar-refractivity contribution in [2.24, 2.45) is 27.0 Å². The number of hydrogen-bond acceptors (Lipinski definition) is 5. The second-order valence-electron chi connectivity index (χ2n) is 9.70. The fourth-order valence-electron chi connectivity index (χ4n) is 4.50. The van der Waals surface area contributed by atoms with Gasteiger partial charge in [0.1, 0.15) is 11.4 Å². The van der Waals surface area contributed by atoms with Crippen LogP contribution in [0.3, 0.4) is 0 Å². The van der Waals surface area contributed by atoms with Gasteiger partial charge in [0.15, 0.2) is 0 Å². The summed E-state index contributed by atoms with van der Waals surface area (Å²) in [7, 11) is 0. The molecule has 0 saturated heterocycles. The third-order valence-corrected chi connectivity index (χ3v) is 7.69. The second-order valence-corrected chi connectivity index (χ2v) is 9.70. The van der Waals surface area contributed by atoms with E-state index < -0.39 is 0 Å². The molecule has 1 aliphatic rings. The monoisotopic (exact) mass is 430 g/mol. The number of nitrogens with zero attached hydrogens (tertiary/aromatic N) is 2. The molecule has 166 valence electrons. The van der Waals surface area contributed by atoms with Crippen LogP contribution in [0.4, 0.5) is 11.4 Å². The summed E-state index contributed by atoms with van der Waals surface area (Å²) >= 11 is 0. The van der Waals surface area contributed by atoms with E-state index in [0.717, 1.165) is 23.6 Å². The number of phenols is 1. The zero-order valence-electron chi connectivity index (χ0n) is 19.1. The molecule has 2 atom stereocenters. The van der Waals surface area contributed by atoms with Crippen molar-refractivity contribution >= 4 is 28.1 Å². The molecule has 5 nitrogen and oxygen atoms in total. The van der Waals surface area contributed by atoms with Crippen molar-refractivity contribution in [2.75, 3.05) is 6.61 Å². The number of rotatable bonds is 5. The molecule has 0 amide bonds. The highest BCUT2D eigenvalue weighted by Gasteiger charge is 2.50. The van der Waals surface area contributed by atoms with Crippen molar-refractivity contribution in [1.82, 2.24) is 0 Å². The Labute approximate surface area is 189 Å². The van der Waals surface area contributed by atoms with Gasteiger partial charge in [-0.25, -0.2) is 4.79 Å². The normalized spacial score (nSPS) is 22.4. The van der Waals surface area contributed by atoms with Gasteiger partial charge in [0.25, 0.3) is 0 Å². The summed E-state index contributed by atoms with van der Waals surface area (Å²) in [4.78, 5) is 12.6. The lowest BCUT2D eigenvalue weighted by Gasteiger charge is -2.40. The lowest BCUT2D eigenvalue weighted by atomic mass is 9.66. The van der Waals surface area contributed by atoms with E-state index in [4.69, 9.17) is 4.74 Å². The Bertz CT molecular complexity index is 1170. The SMILES string of the molecule is C[C@@H]1CC[C@](C)(COC(=O)c2ccc(N=Nc3c(O)ccc4ccccc34)cc2)C1(C)C. The summed E-state index contributed by atoms with van der Waals surface area (Å²) in [5.41, 5.74) is 1.62. The Morgan fingerprint density at radius 3 is 2.44 bits per heavy atom. The standard InChI is InChI=1S/C27H30N2O3/c1-18-15-16-27(4,26(18,2)3)17-32-25(31)20-9-12-21(13-10-20)28-29-24-22-8-6-5-7-19(22)11-14-23(24)30/h5-14,18,30H,15-17H2,1-4H3/t18-,27-/m1/s1. The van der Waals surface area contributed by atoms with Gasteiger partial charge >= 0.3 is 5.97 Å². The van der Waals surface area contributed by atoms with Crippen LogP contribution in [0.5, 0.6) is 5.75 Å². The summed E-state index contributed by atoms with van der Waals surface area (Å²) in [6.45, 7) is 9.46. The Hall–Kier alpha value is -3.21. The fraction of sp³-hybridized carbons (Fsp3) is 0.370. The van der Waals surface area contributed by atoms with Crippen LogP contribution in [0.25, 0.3) is 10.8 Å². The molecule has 1 N–H and O–H groups in total. The predicted molar refractivity (Wildman–Crippen MR) is 127 cm³/mol. The van der Waals surface area contributed by atoms with Crippen LogP contribution >= 0.6 is 0 Å². The number of hydrogen-bond donors (Lipinski definition) is 1. The Kier molecular flexibility index (Phi) is 5.76. The molecule has 32 heavy (non-hydrogen) atoms. The zero-order chi connectivity index (χ0) is 22.9. The van der Waals surface area contributed by atoms with Crippen LogP contribution in [-0.2, 0) is 4.74 Å². The van der Waals surface area contributed by atoms with E-state index in [1.165, 1.54) is 0 Å². The molecule has 4 rings (SSSR count). The first-order valence-corrected chi connectivity index (χ1v) is 11.1. The number of esters is 1. The molecule has 3 aromatic rings. The molecule has 3 aromatic carbocycles. The molecule has 1 aliphatic carbocycles. The van der Waals surface area contributed by atoms with Crippen LogP contribution < -0.4 is 0 Å². The number of carbonyl (C=O) groups excluding carboxylic acids is 1. The van der Waals surface area contributed by atoms with E-state index >= 15 is 0 Å². The summed E-state index contributed by atoms with van der Waals surface area (Å²) in [5, 5.41) is 20.5. The largest absolute Gasteiger partial charge is 0.506 e. The maximum absolute atomic E-state index is 12.6. The van der Waals surface area contributed by atoms with Crippen molar-refractivity contribution in [2.45, 2.75) is 40.5 Å². The number of carbonyl (C=O) groups is 1. The maximum Gasteiger partial charge on any atom is 0.338 e. The van der Waals surface area contributed by atoms with Gasteiger partial charge in [-0.2, -0.15) is 5.11 Å². The Morgan fingerprint density at radius 1 is 1.03 bits per heavy atom. The molecule has 0 spiro atoms. The molecule has 0 bridgehead atoms. The highest BCUT2D eigenvalue weighted by Crippen LogP contribution is 2.55. The average molecular weight is 431 g/mol. The van der Waals surface area contributed by atoms with E-state index in [-0.39, 0.29) is 22.5 Å². The van der Waals surface area contributed by atoms with Gasteiger partial charge in [-0.15, -0.1) is 5.11 Å². The van der Waals surface area contributed by atoms with Crippen molar-refractivity contribution in [3.05, 3.63) is 66.2 Å². The number of benzene rings is 3. The summed E-state index contributed by atoms with van der Waals surface area (Å²) in [6.07, 6.45) is 2.22. The Morgan fingerprint density at radius 2 is 1.75 bits per heavy atom. The quantitative estimate of drug-likeness (QED) is 0.335. The number of phenolic OH excluding ortho intramolecular Hbond substituents is 1. The molecule has 5 heteroatoms. The topological polar surface area (TPSA) is 71.2 Å². The van der Waals surface area contributed by atoms with Crippen molar-refractivity contribution < 1.29 is 14.6 Å². The van der Waals surface area contributed by atoms with Crippen LogP contribution in [0.15, 0.2) is 70.9 Å². The molecule has 0 heterocycles. The van der Waals surface area contributed by atoms with E-state index in [0.29, 0.717) is 29.5 Å². The van der Waals surface area contributed by atoms with Gasteiger partial charge in [-0.05, 0) is 59.9 Å². The average Bonchev–Trinajstić information content (AvgIpc) is 3.00. The minimum Gasteiger partial charge on any atom is -0.506 e. The summed E-state index contributed by atoms with van der Waals surface area (Å²) in [6, 6.07) is 18.0. The van der Waals surface area contributed by atoms with Gasteiger partial charge in [0.2, 0.25) is 0 Å². The van der Waals surface area contributed by atoms with Gasteiger partial charge in [-0.1, -0.05) is 58.0 Å². The maximum atomic E-state index is 12.6. The highest BCUT2D eigenvalue weighted by atomic mass is 16.5. The van der Waals surface area contributed by atoms with Crippen molar-refractivity contribution in [3.63, 3.8) is 0 Å². The first-order chi connectivity index (χ1) is 15.2. The summed E-state index contributed by atoms with van der Waals surface area (Å²) in [5.74, 6) is 0.360. The van der Waals surface area contributed by atoms with Crippen molar-refractivity contribution in [1.29, 1.82) is 0 Å². The minimum absolute atomic E-state index is 0.0172. The lowest BCUT2D eigenvalue weighted by molar-refractivity contribution is -0.00349. The number of fused-ring (bicyclic) bond motifs is 1. The molecule has 0 radical (unpaired) electrons. The van der Waals surface area contributed by atoms with E-state index in [9.17, 15) is 9.90 Å². The van der Waals surface area contributed by atoms with Crippen LogP contribution in [0.1, 0.15) is 50.9 Å². The van der Waals surface area contributed by atoms with Gasteiger partial charge < -0.3 is 9.84 Å². The summed E-state index contributed by atoms with van der Waals surface area (Å²) < 4.78 is 5.71. The molecular formula is C27H30N2O3. The van der Waals surface area contributed by atoms with Gasteiger partial charge in [-0.3, -0.25) is 0 Å². The van der Waals surface area contributed by atoms with Crippen molar-refractivity contribution in [3.8, 4) is 5.75 Å². The number of ether oxygens (including phenoxy) is 1. The lowest BCUT2D eigenvalue weighted by Crippen LogP contribution is -2.37. The molecule has 0 aliphatic heterocycles. The van der Waals surface area contributed by atoms with Gasteiger partial charge in [0.05, 0.1) is 17.9 Å². The third-order valence-electron chi connectivity index (χ3n) is 7.69. The third kappa shape index (κ3) is 3.99. The van der Waals surface area contributed by atoms with Gasteiger partial charge in [0, 0.05) is 10.8 Å². The fourth-order valence-corrected chi connectivity index (χ4v) is 4.50. The van der Waals surface area contributed by atoms with Crippen LogP contribution in [-0.4, -0.2) is 17.7 Å². The van der Waals surface area contributed by atoms with Crippen LogP contribution in [0.2, 0.25) is 0 Å². The second kappa shape index (κ2) is 8.38.